The van der Waals surface area contributed by atoms with Crippen molar-refractivity contribution in [1.29, 1.82) is 0 Å². The largest absolute Gasteiger partial charge is 0.323 e. The maximum absolute atomic E-state index is 5.92. The molecular weight excluding hydrogens is 174 g/mol. The van der Waals surface area contributed by atoms with Gasteiger partial charge in [-0.25, -0.2) is 0 Å². The van der Waals surface area contributed by atoms with E-state index in [2.05, 4.69) is 38.9 Å². The Morgan fingerprint density at radius 3 is 2.36 bits per heavy atom. The fourth-order valence-corrected chi connectivity index (χ4v) is 1.48. The average molecular weight is 195 g/mol. The molecule has 0 unspecified atom stereocenters. The molecule has 0 bridgehead atoms. The lowest BCUT2D eigenvalue weighted by molar-refractivity contribution is 0.336. The Morgan fingerprint density at radius 2 is 2.07 bits per heavy atom. The van der Waals surface area contributed by atoms with Crippen LogP contribution in [0.15, 0.2) is 6.07 Å². The molecule has 0 aliphatic heterocycles. The Hall–Kier alpha value is -0.830. The van der Waals surface area contributed by atoms with Crippen molar-refractivity contribution in [3.63, 3.8) is 0 Å². The minimum absolute atomic E-state index is 0.0103. The zero-order valence-electron chi connectivity index (χ0n) is 9.83. The molecule has 0 aliphatic carbocycles. The van der Waals surface area contributed by atoms with E-state index in [1.54, 1.807) is 0 Å². The van der Waals surface area contributed by atoms with Gasteiger partial charge >= 0.3 is 0 Å². The Balaban J connectivity index is 3.19. The van der Waals surface area contributed by atoms with Crippen LogP contribution in [0.25, 0.3) is 0 Å². The van der Waals surface area contributed by atoms with Gasteiger partial charge in [0.25, 0.3) is 0 Å². The van der Waals surface area contributed by atoms with Gasteiger partial charge < -0.3 is 5.73 Å². The minimum atomic E-state index is 0.0103. The van der Waals surface area contributed by atoms with Crippen LogP contribution >= 0.6 is 0 Å². The zero-order chi connectivity index (χ0) is 10.9. The van der Waals surface area contributed by atoms with E-state index < -0.39 is 0 Å². The van der Waals surface area contributed by atoms with Crippen LogP contribution < -0.4 is 5.73 Å². The summed E-state index contributed by atoms with van der Waals surface area (Å²) in [5.41, 5.74) is 8.17. The standard InChI is InChI=1S/C11H21N3/c1-6-9-7-10(8(2)12)14(13-9)11(3,4)5/h7-8H,6,12H2,1-5H3/t8-/m1/s1. The maximum Gasteiger partial charge on any atom is 0.0625 e. The predicted octanol–water partition coefficient (Wildman–Crippen LogP) is 2.22. The topological polar surface area (TPSA) is 43.8 Å². The Kier molecular flexibility index (Phi) is 3.00. The smallest absolute Gasteiger partial charge is 0.0625 e. The summed E-state index contributed by atoms with van der Waals surface area (Å²) in [6.45, 7) is 10.5. The van der Waals surface area contributed by atoms with Crippen LogP contribution in [0.2, 0.25) is 0 Å². The normalized spacial score (nSPS) is 14.4. The van der Waals surface area contributed by atoms with Crippen molar-refractivity contribution in [1.82, 2.24) is 9.78 Å². The summed E-state index contributed by atoms with van der Waals surface area (Å²) in [6, 6.07) is 2.15. The lowest BCUT2D eigenvalue weighted by Crippen LogP contribution is -2.27. The summed E-state index contributed by atoms with van der Waals surface area (Å²) in [5, 5.41) is 4.56. The molecule has 0 spiro atoms. The molecular formula is C11H21N3. The molecule has 3 heteroatoms. The molecule has 0 fully saturated rings. The van der Waals surface area contributed by atoms with Crippen LogP contribution in [-0.2, 0) is 12.0 Å². The van der Waals surface area contributed by atoms with Crippen LogP contribution in [0.5, 0.6) is 0 Å². The Labute approximate surface area is 86.3 Å². The van der Waals surface area contributed by atoms with Crippen LogP contribution in [0, 0.1) is 0 Å². The van der Waals surface area contributed by atoms with E-state index in [0.29, 0.717) is 0 Å². The molecule has 3 nitrogen and oxygen atoms in total. The molecule has 1 atom stereocenters. The summed E-state index contributed by atoms with van der Waals surface area (Å²) in [4.78, 5) is 0. The molecule has 2 N–H and O–H groups in total. The molecule has 14 heavy (non-hydrogen) atoms. The van der Waals surface area contributed by atoms with E-state index in [1.807, 2.05) is 11.6 Å². The molecule has 1 aromatic rings. The first-order chi connectivity index (χ1) is 6.36. The summed E-state index contributed by atoms with van der Waals surface area (Å²) < 4.78 is 2.04. The Bertz CT molecular complexity index is 305. The molecule has 1 heterocycles. The highest BCUT2D eigenvalue weighted by Gasteiger charge is 2.20. The maximum atomic E-state index is 5.92. The third-order valence-corrected chi connectivity index (χ3v) is 2.25. The van der Waals surface area contributed by atoms with Gasteiger partial charge in [-0.15, -0.1) is 0 Å². The van der Waals surface area contributed by atoms with E-state index >= 15 is 0 Å². The number of aryl methyl sites for hydroxylation is 1. The number of rotatable bonds is 2. The van der Waals surface area contributed by atoms with E-state index in [-0.39, 0.29) is 11.6 Å². The Morgan fingerprint density at radius 1 is 1.50 bits per heavy atom. The van der Waals surface area contributed by atoms with Crippen LogP contribution in [0.1, 0.15) is 52.0 Å². The van der Waals surface area contributed by atoms with Crippen molar-refractivity contribution in [3.05, 3.63) is 17.5 Å². The van der Waals surface area contributed by atoms with Gasteiger partial charge in [0.15, 0.2) is 0 Å². The van der Waals surface area contributed by atoms with Gasteiger partial charge in [0.1, 0.15) is 0 Å². The molecule has 0 aliphatic rings. The lowest BCUT2D eigenvalue weighted by Gasteiger charge is -2.23. The van der Waals surface area contributed by atoms with Crippen molar-refractivity contribution in [3.8, 4) is 0 Å². The first kappa shape index (κ1) is 11.2. The number of nitrogens with two attached hydrogens (primary N) is 1. The van der Waals surface area contributed by atoms with Gasteiger partial charge in [-0.3, -0.25) is 4.68 Å². The molecule has 0 aromatic carbocycles. The van der Waals surface area contributed by atoms with Crippen molar-refractivity contribution in [2.24, 2.45) is 5.73 Å². The van der Waals surface area contributed by atoms with Gasteiger partial charge in [0, 0.05) is 6.04 Å². The molecule has 1 aromatic heterocycles. The van der Waals surface area contributed by atoms with Crippen LogP contribution in [0.4, 0.5) is 0 Å². The minimum Gasteiger partial charge on any atom is -0.323 e. The second-order valence-electron chi connectivity index (χ2n) is 4.79. The average Bonchev–Trinajstić information content (AvgIpc) is 2.46. The third kappa shape index (κ3) is 2.15. The summed E-state index contributed by atoms with van der Waals surface area (Å²) >= 11 is 0. The number of nitrogens with zero attached hydrogens (tertiary/aromatic N) is 2. The highest BCUT2D eigenvalue weighted by molar-refractivity contribution is 5.15. The van der Waals surface area contributed by atoms with E-state index in [0.717, 1.165) is 17.8 Å². The van der Waals surface area contributed by atoms with Crippen LogP contribution in [-0.4, -0.2) is 9.78 Å². The van der Waals surface area contributed by atoms with Gasteiger partial charge in [-0.1, -0.05) is 6.92 Å². The first-order valence-electron chi connectivity index (χ1n) is 5.21. The second-order valence-corrected chi connectivity index (χ2v) is 4.79. The third-order valence-electron chi connectivity index (χ3n) is 2.25. The number of aromatic nitrogens is 2. The quantitative estimate of drug-likeness (QED) is 0.786. The highest BCUT2D eigenvalue weighted by Crippen LogP contribution is 2.21. The molecule has 0 saturated carbocycles. The van der Waals surface area contributed by atoms with Crippen LogP contribution in [0.3, 0.4) is 0 Å². The fourth-order valence-electron chi connectivity index (χ4n) is 1.48. The molecule has 80 valence electrons. The summed E-state index contributed by atoms with van der Waals surface area (Å²) in [5.74, 6) is 0. The fraction of sp³-hybridized carbons (Fsp3) is 0.727. The van der Waals surface area contributed by atoms with Crippen molar-refractivity contribution >= 4 is 0 Å². The SMILES string of the molecule is CCc1cc([C@@H](C)N)n(C(C)(C)C)n1. The lowest BCUT2D eigenvalue weighted by atomic mass is 10.1. The van der Waals surface area contributed by atoms with Gasteiger partial charge in [0.05, 0.1) is 16.9 Å². The molecule has 1 rings (SSSR count). The number of hydrogen-bond donors (Lipinski definition) is 1. The van der Waals surface area contributed by atoms with Crippen molar-refractivity contribution in [2.45, 2.75) is 52.6 Å². The molecule has 0 radical (unpaired) electrons. The van der Waals surface area contributed by atoms with E-state index in [4.69, 9.17) is 5.73 Å². The van der Waals surface area contributed by atoms with Gasteiger partial charge in [-0.05, 0) is 40.2 Å². The first-order valence-corrected chi connectivity index (χ1v) is 5.21. The van der Waals surface area contributed by atoms with Gasteiger partial charge in [0.2, 0.25) is 0 Å². The summed E-state index contributed by atoms with van der Waals surface area (Å²) in [7, 11) is 0. The zero-order valence-corrected chi connectivity index (χ0v) is 9.83. The van der Waals surface area contributed by atoms with E-state index in [9.17, 15) is 0 Å². The second kappa shape index (κ2) is 3.73. The molecule has 0 amide bonds. The molecule has 0 saturated heterocycles. The summed E-state index contributed by atoms with van der Waals surface area (Å²) in [6.07, 6.45) is 0.961. The van der Waals surface area contributed by atoms with Crippen molar-refractivity contribution < 1.29 is 0 Å². The highest BCUT2D eigenvalue weighted by atomic mass is 15.3. The van der Waals surface area contributed by atoms with Gasteiger partial charge in [-0.2, -0.15) is 5.10 Å². The predicted molar refractivity (Wildman–Crippen MR) is 59.2 cm³/mol. The van der Waals surface area contributed by atoms with E-state index in [1.165, 1.54) is 0 Å². The monoisotopic (exact) mass is 195 g/mol. The van der Waals surface area contributed by atoms with Crippen molar-refractivity contribution in [2.75, 3.05) is 0 Å². The number of hydrogen-bond acceptors (Lipinski definition) is 2.